The Balaban J connectivity index is 2.14. The minimum Gasteiger partial charge on any atom is -0.459 e. The van der Waals surface area contributed by atoms with Crippen LogP contribution in [0.3, 0.4) is 0 Å². The first-order valence-corrected chi connectivity index (χ1v) is 6.46. The molecule has 0 aromatic carbocycles. The summed E-state index contributed by atoms with van der Waals surface area (Å²) in [5.74, 6) is 0.409. The number of nitrogens with zero attached hydrogens (tertiary/aromatic N) is 1. The number of thiophene rings is 1. The van der Waals surface area contributed by atoms with Crippen molar-refractivity contribution in [1.29, 1.82) is 0 Å². The second kappa shape index (κ2) is 5.19. The highest BCUT2D eigenvalue weighted by Gasteiger charge is 2.19. The van der Waals surface area contributed by atoms with Crippen LogP contribution in [0, 0.1) is 6.92 Å². The molecule has 0 bridgehead atoms. The molecule has 2 heterocycles. The van der Waals surface area contributed by atoms with Crippen LogP contribution < -0.4 is 0 Å². The summed E-state index contributed by atoms with van der Waals surface area (Å²) >= 11 is 1.66. The van der Waals surface area contributed by atoms with Crippen molar-refractivity contribution in [2.45, 2.75) is 20.4 Å². The highest BCUT2D eigenvalue weighted by atomic mass is 32.1. The largest absolute Gasteiger partial charge is 0.459 e. The van der Waals surface area contributed by atoms with E-state index in [-0.39, 0.29) is 5.91 Å². The fourth-order valence-electron chi connectivity index (χ4n) is 1.65. The van der Waals surface area contributed by atoms with Gasteiger partial charge in [0.2, 0.25) is 0 Å². The lowest BCUT2D eigenvalue weighted by Gasteiger charge is -2.19. The number of hydrogen-bond donors (Lipinski definition) is 0. The second-order valence-electron chi connectivity index (χ2n) is 3.83. The molecule has 4 heteroatoms. The average Bonchev–Trinajstić information content (AvgIpc) is 2.96. The predicted molar refractivity (Wildman–Crippen MR) is 68.2 cm³/mol. The van der Waals surface area contributed by atoms with Crippen molar-refractivity contribution in [3.8, 4) is 0 Å². The van der Waals surface area contributed by atoms with Crippen molar-refractivity contribution < 1.29 is 9.21 Å². The fourth-order valence-corrected chi connectivity index (χ4v) is 2.37. The van der Waals surface area contributed by atoms with Gasteiger partial charge in [0.15, 0.2) is 5.76 Å². The molecule has 0 aliphatic carbocycles. The van der Waals surface area contributed by atoms with Crippen LogP contribution in [0.25, 0.3) is 0 Å². The molecule has 0 aliphatic heterocycles. The van der Waals surface area contributed by atoms with Crippen molar-refractivity contribution in [3.63, 3.8) is 0 Å². The molecule has 1 amide bonds. The average molecular weight is 249 g/mol. The summed E-state index contributed by atoms with van der Waals surface area (Å²) in [6.07, 6.45) is 1.56. The first-order chi connectivity index (χ1) is 8.22. The van der Waals surface area contributed by atoms with E-state index in [1.54, 1.807) is 22.5 Å². The molecule has 0 fully saturated rings. The molecule has 0 saturated carbocycles. The molecule has 0 atom stereocenters. The lowest BCUT2D eigenvalue weighted by atomic mass is 10.2. The zero-order chi connectivity index (χ0) is 12.3. The first-order valence-electron chi connectivity index (χ1n) is 5.58. The smallest absolute Gasteiger partial charge is 0.290 e. The van der Waals surface area contributed by atoms with Gasteiger partial charge in [0.05, 0.1) is 12.8 Å². The number of amides is 1. The summed E-state index contributed by atoms with van der Waals surface area (Å²) in [6, 6.07) is 5.85. The second-order valence-corrected chi connectivity index (χ2v) is 4.86. The Labute approximate surface area is 105 Å². The Kier molecular flexibility index (Phi) is 3.64. The molecular formula is C13H15NO2S. The summed E-state index contributed by atoms with van der Waals surface area (Å²) in [7, 11) is 0. The van der Waals surface area contributed by atoms with Gasteiger partial charge in [-0.25, -0.2) is 0 Å². The molecule has 17 heavy (non-hydrogen) atoms. The van der Waals surface area contributed by atoms with Crippen LogP contribution in [0.1, 0.15) is 27.9 Å². The lowest BCUT2D eigenvalue weighted by Crippen LogP contribution is -2.30. The van der Waals surface area contributed by atoms with Crippen molar-refractivity contribution in [1.82, 2.24) is 4.90 Å². The molecule has 0 unspecified atom stereocenters. The maximum Gasteiger partial charge on any atom is 0.290 e. The van der Waals surface area contributed by atoms with Crippen LogP contribution in [-0.4, -0.2) is 17.4 Å². The van der Waals surface area contributed by atoms with E-state index >= 15 is 0 Å². The first kappa shape index (κ1) is 11.9. The van der Waals surface area contributed by atoms with Crippen LogP contribution in [-0.2, 0) is 6.54 Å². The van der Waals surface area contributed by atoms with Gasteiger partial charge in [-0.1, -0.05) is 6.07 Å². The molecule has 0 saturated heterocycles. The number of furan rings is 1. The van der Waals surface area contributed by atoms with Gasteiger partial charge in [0.25, 0.3) is 5.91 Å². The van der Waals surface area contributed by atoms with E-state index in [4.69, 9.17) is 4.42 Å². The standard InChI is InChI=1S/C13H15NO2S/c1-3-14(9-11-5-4-8-17-11)13(15)12-10(2)6-7-16-12/h4-8H,3,9H2,1-2H3. The third-order valence-electron chi connectivity index (χ3n) is 2.65. The maximum absolute atomic E-state index is 12.2. The summed E-state index contributed by atoms with van der Waals surface area (Å²) in [4.78, 5) is 15.2. The van der Waals surface area contributed by atoms with Crippen LogP contribution in [0.5, 0.6) is 0 Å². The predicted octanol–water partition coefficient (Wildman–Crippen LogP) is 3.31. The van der Waals surface area contributed by atoms with E-state index in [1.807, 2.05) is 37.4 Å². The summed E-state index contributed by atoms with van der Waals surface area (Å²) in [6.45, 7) is 5.18. The van der Waals surface area contributed by atoms with Crippen LogP contribution in [0.2, 0.25) is 0 Å². The monoisotopic (exact) mass is 249 g/mol. The van der Waals surface area contributed by atoms with Gasteiger partial charge in [-0.05, 0) is 31.4 Å². The van der Waals surface area contributed by atoms with E-state index in [0.717, 1.165) is 5.56 Å². The maximum atomic E-state index is 12.2. The third kappa shape index (κ3) is 2.58. The topological polar surface area (TPSA) is 33.5 Å². The lowest BCUT2D eigenvalue weighted by molar-refractivity contribution is 0.0721. The zero-order valence-corrected chi connectivity index (χ0v) is 10.8. The van der Waals surface area contributed by atoms with Gasteiger partial charge in [-0.15, -0.1) is 11.3 Å². The van der Waals surface area contributed by atoms with E-state index in [1.165, 1.54) is 4.88 Å². The van der Waals surface area contributed by atoms with Crippen LogP contribution in [0.15, 0.2) is 34.3 Å². The number of rotatable bonds is 4. The van der Waals surface area contributed by atoms with Gasteiger partial charge in [-0.2, -0.15) is 0 Å². The minimum atomic E-state index is -0.0385. The number of hydrogen-bond acceptors (Lipinski definition) is 3. The number of aryl methyl sites for hydroxylation is 1. The molecular weight excluding hydrogens is 234 g/mol. The van der Waals surface area contributed by atoms with Crippen LogP contribution in [0.4, 0.5) is 0 Å². The quantitative estimate of drug-likeness (QED) is 0.833. The molecule has 90 valence electrons. The van der Waals surface area contributed by atoms with E-state index < -0.39 is 0 Å². The molecule has 2 aromatic rings. The molecule has 0 radical (unpaired) electrons. The number of carbonyl (C=O) groups excluding carboxylic acids is 1. The van der Waals surface area contributed by atoms with Crippen molar-refractivity contribution in [2.24, 2.45) is 0 Å². The normalized spacial score (nSPS) is 10.5. The van der Waals surface area contributed by atoms with Crippen molar-refractivity contribution in [2.75, 3.05) is 6.54 Å². The summed E-state index contributed by atoms with van der Waals surface area (Å²) in [5.41, 5.74) is 0.889. The summed E-state index contributed by atoms with van der Waals surface area (Å²) < 4.78 is 5.24. The Hall–Kier alpha value is -1.55. The van der Waals surface area contributed by atoms with Crippen molar-refractivity contribution >= 4 is 17.2 Å². The highest BCUT2D eigenvalue weighted by Crippen LogP contribution is 2.16. The molecule has 2 aromatic heterocycles. The highest BCUT2D eigenvalue weighted by molar-refractivity contribution is 7.09. The van der Waals surface area contributed by atoms with Gasteiger partial charge in [0.1, 0.15) is 0 Å². The van der Waals surface area contributed by atoms with E-state index in [2.05, 4.69) is 0 Å². The molecule has 0 N–H and O–H groups in total. The van der Waals surface area contributed by atoms with Crippen LogP contribution >= 0.6 is 11.3 Å². The Morgan fingerprint density at radius 3 is 2.82 bits per heavy atom. The fraction of sp³-hybridized carbons (Fsp3) is 0.308. The van der Waals surface area contributed by atoms with E-state index in [0.29, 0.717) is 18.8 Å². The Bertz CT molecular complexity index is 487. The summed E-state index contributed by atoms with van der Waals surface area (Å²) in [5, 5.41) is 2.02. The minimum absolute atomic E-state index is 0.0385. The SMILES string of the molecule is CCN(Cc1cccs1)C(=O)c1occc1C. The van der Waals surface area contributed by atoms with Gasteiger partial charge < -0.3 is 9.32 Å². The van der Waals surface area contributed by atoms with Gasteiger partial charge in [-0.3, -0.25) is 4.79 Å². The molecule has 0 spiro atoms. The molecule has 3 nitrogen and oxygen atoms in total. The Morgan fingerprint density at radius 1 is 1.47 bits per heavy atom. The third-order valence-corrected chi connectivity index (χ3v) is 3.51. The van der Waals surface area contributed by atoms with Gasteiger partial charge >= 0.3 is 0 Å². The molecule has 2 rings (SSSR count). The van der Waals surface area contributed by atoms with Crippen molar-refractivity contribution in [3.05, 3.63) is 46.0 Å². The number of carbonyl (C=O) groups is 1. The zero-order valence-electron chi connectivity index (χ0n) is 9.97. The van der Waals surface area contributed by atoms with Gasteiger partial charge in [0, 0.05) is 17.0 Å². The van der Waals surface area contributed by atoms with E-state index in [9.17, 15) is 4.79 Å². The Morgan fingerprint density at radius 2 is 2.29 bits per heavy atom. The molecule has 0 aliphatic rings.